The van der Waals surface area contributed by atoms with Crippen LogP contribution in [0.4, 0.5) is 0 Å². The van der Waals surface area contributed by atoms with Gasteiger partial charge in [0.05, 0.1) is 50.8 Å². The SMILES string of the molecule is Cc1cc(OC(=O)c2ccc(COCC3CO3)cc2)ccc1OC(=O)c1ccc(OCCOCC2CO2)cc1. The van der Waals surface area contributed by atoms with Crippen LogP contribution in [-0.2, 0) is 25.6 Å². The molecule has 0 bridgehead atoms. The number of ether oxygens (including phenoxy) is 7. The number of rotatable bonds is 14. The second-order valence-corrected chi connectivity index (χ2v) is 9.28. The molecule has 2 aliphatic heterocycles. The van der Waals surface area contributed by atoms with Crippen LogP contribution < -0.4 is 14.2 Å². The van der Waals surface area contributed by atoms with Gasteiger partial charge in [0.2, 0.25) is 0 Å². The van der Waals surface area contributed by atoms with Gasteiger partial charge in [-0.2, -0.15) is 0 Å². The largest absolute Gasteiger partial charge is 0.491 e. The van der Waals surface area contributed by atoms with Crippen LogP contribution in [0.1, 0.15) is 31.8 Å². The monoisotopic (exact) mass is 534 g/mol. The molecule has 2 heterocycles. The second kappa shape index (κ2) is 12.9. The first-order valence-electron chi connectivity index (χ1n) is 12.8. The number of benzene rings is 3. The summed E-state index contributed by atoms with van der Waals surface area (Å²) in [6, 6.07) is 18.6. The first-order chi connectivity index (χ1) is 19.0. The summed E-state index contributed by atoms with van der Waals surface area (Å²) in [5.41, 5.74) is 2.41. The van der Waals surface area contributed by atoms with E-state index >= 15 is 0 Å². The molecule has 0 amide bonds. The maximum absolute atomic E-state index is 12.6. The molecule has 0 aromatic heterocycles. The average Bonchev–Trinajstić information content (AvgIpc) is 3.87. The van der Waals surface area contributed by atoms with Crippen LogP contribution in [0.15, 0.2) is 66.7 Å². The van der Waals surface area contributed by atoms with E-state index in [4.69, 9.17) is 33.2 Å². The number of carbonyl (C=O) groups is 2. The van der Waals surface area contributed by atoms with Gasteiger partial charge in [-0.15, -0.1) is 0 Å². The van der Waals surface area contributed by atoms with Gasteiger partial charge < -0.3 is 33.2 Å². The fourth-order valence-electron chi connectivity index (χ4n) is 3.62. The highest BCUT2D eigenvalue weighted by atomic mass is 16.6. The Balaban J connectivity index is 1.08. The Hall–Kier alpha value is -3.76. The number of epoxide rings is 2. The van der Waals surface area contributed by atoms with Crippen LogP contribution in [-0.4, -0.2) is 63.8 Å². The third kappa shape index (κ3) is 8.36. The van der Waals surface area contributed by atoms with E-state index in [-0.39, 0.29) is 12.2 Å². The van der Waals surface area contributed by atoms with Crippen LogP contribution >= 0.6 is 0 Å². The van der Waals surface area contributed by atoms with Crippen molar-refractivity contribution in [3.8, 4) is 17.2 Å². The first kappa shape index (κ1) is 26.8. The minimum atomic E-state index is -0.504. The standard InChI is InChI=1S/C30H30O9/c1-20-14-25(38-29(31)22-4-2-21(3-5-22)15-34-17-27-19-37-27)10-11-28(20)39-30(32)23-6-8-24(9-7-23)35-13-12-33-16-26-18-36-26/h2-11,14,26-27H,12-13,15-19H2,1H3. The molecule has 0 radical (unpaired) electrons. The highest BCUT2D eigenvalue weighted by Crippen LogP contribution is 2.25. The molecule has 5 rings (SSSR count). The number of esters is 2. The second-order valence-electron chi connectivity index (χ2n) is 9.28. The highest BCUT2D eigenvalue weighted by molar-refractivity contribution is 5.92. The zero-order valence-corrected chi connectivity index (χ0v) is 21.6. The molecule has 2 fully saturated rings. The Labute approximate surface area is 226 Å². The van der Waals surface area contributed by atoms with Gasteiger partial charge in [0.1, 0.15) is 36.1 Å². The molecule has 3 aromatic rings. The number of hydrogen-bond acceptors (Lipinski definition) is 9. The molecule has 2 atom stereocenters. The number of carbonyl (C=O) groups excluding carboxylic acids is 2. The summed E-state index contributed by atoms with van der Waals surface area (Å²) in [6.07, 6.45) is 0.445. The number of aryl methyl sites for hydroxylation is 1. The zero-order valence-electron chi connectivity index (χ0n) is 21.6. The van der Waals surface area contributed by atoms with Crippen molar-refractivity contribution in [2.45, 2.75) is 25.7 Å². The normalized spacial score (nSPS) is 17.4. The van der Waals surface area contributed by atoms with Crippen molar-refractivity contribution in [2.24, 2.45) is 0 Å². The molecule has 2 aliphatic rings. The molecule has 0 N–H and O–H groups in total. The van der Waals surface area contributed by atoms with Gasteiger partial charge in [-0.25, -0.2) is 9.59 Å². The van der Waals surface area contributed by atoms with Gasteiger partial charge in [-0.05, 0) is 72.6 Å². The zero-order chi connectivity index (χ0) is 27.0. The molecule has 39 heavy (non-hydrogen) atoms. The predicted octanol–water partition coefficient (Wildman–Crippen LogP) is 4.14. The van der Waals surface area contributed by atoms with Crippen LogP contribution in [0.2, 0.25) is 0 Å². The topological polar surface area (TPSA) is 105 Å². The molecule has 0 saturated carbocycles. The van der Waals surface area contributed by atoms with Crippen molar-refractivity contribution in [1.29, 1.82) is 0 Å². The third-order valence-electron chi connectivity index (χ3n) is 6.02. The number of hydrogen-bond donors (Lipinski definition) is 0. The van der Waals surface area contributed by atoms with E-state index in [2.05, 4.69) is 0 Å². The van der Waals surface area contributed by atoms with Gasteiger partial charge in [0.15, 0.2) is 0 Å². The van der Waals surface area contributed by atoms with Gasteiger partial charge in [0.25, 0.3) is 0 Å². The van der Waals surface area contributed by atoms with E-state index in [1.54, 1.807) is 61.5 Å². The van der Waals surface area contributed by atoms with Crippen molar-refractivity contribution < 1.29 is 42.7 Å². The summed E-state index contributed by atoms with van der Waals surface area (Å²) in [6.45, 7) is 5.77. The highest BCUT2D eigenvalue weighted by Gasteiger charge is 2.22. The van der Waals surface area contributed by atoms with E-state index in [9.17, 15) is 9.59 Å². The Bertz CT molecular complexity index is 1260. The fourth-order valence-corrected chi connectivity index (χ4v) is 3.62. The lowest BCUT2D eigenvalue weighted by molar-refractivity contribution is 0.0718. The van der Waals surface area contributed by atoms with Crippen LogP contribution in [0.3, 0.4) is 0 Å². The van der Waals surface area contributed by atoms with Crippen molar-refractivity contribution in [2.75, 3.05) is 39.6 Å². The van der Waals surface area contributed by atoms with E-state index < -0.39 is 11.9 Å². The molecule has 3 aromatic carbocycles. The van der Waals surface area contributed by atoms with Gasteiger partial charge >= 0.3 is 11.9 Å². The molecule has 0 spiro atoms. The lowest BCUT2D eigenvalue weighted by Gasteiger charge is -2.11. The minimum Gasteiger partial charge on any atom is -0.491 e. The third-order valence-corrected chi connectivity index (χ3v) is 6.02. The van der Waals surface area contributed by atoms with Crippen molar-refractivity contribution >= 4 is 11.9 Å². The van der Waals surface area contributed by atoms with Gasteiger partial charge in [-0.1, -0.05) is 12.1 Å². The lowest BCUT2D eigenvalue weighted by Crippen LogP contribution is -2.11. The summed E-state index contributed by atoms with van der Waals surface area (Å²) in [7, 11) is 0. The molecule has 9 heteroatoms. The molecule has 9 nitrogen and oxygen atoms in total. The summed E-state index contributed by atoms with van der Waals surface area (Å²) < 4.78 is 37.9. The van der Waals surface area contributed by atoms with Crippen LogP contribution in [0, 0.1) is 6.92 Å². The fraction of sp³-hybridized carbons (Fsp3) is 0.333. The van der Waals surface area contributed by atoms with Crippen molar-refractivity contribution in [1.82, 2.24) is 0 Å². The lowest BCUT2D eigenvalue weighted by atomic mass is 10.1. The Morgan fingerprint density at radius 3 is 1.97 bits per heavy atom. The Kier molecular flexibility index (Phi) is 8.85. The Morgan fingerprint density at radius 1 is 0.744 bits per heavy atom. The summed E-state index contributed by atoms with van der Waals surface area (Å²) in [5, 5.41) is 0. The van der Waals surface area contributed by atoms with Gasteiger partial charge in [-0.3, -0.25) is 0 Å². The average molecular weight is 535 g/mol. The van der Waals surface area contributed by atoms with E-state index in [0.717, 1.165) is 18.8 Å². The molecule has 204 valence electrons. The maximum atomic E-state index is 12.6. The van der Waals surface area contributed by atoms with E-state index in [1.165, 1.54) is 0 Å². The van der Waals surface area contributed by atoms with Gasteiger partial charge in [0, 0.05) is 0 Å². The van der Waals surface area contributed by atoms with Crippen LogP contribution in [0.5, 0.6) is 17.2 Å². The van der Waals surface area contributed by atoms with Crippen molar-refractivity contribution in [3.63, 3.8) is 0 Å². The van der Waals surface area contributed by atoms with E-state index in [0.29, 0.717) is 67.0 Å². The smallest absolute Gasteiger partial charge is 0.343 e. The molecular formula is C30H30O9. The summed E-state index contributed by atoms with van der Waals surface area (Å²) in [5.74, 6) is 0.369. The molecule has 2 unspecified atom stereocenters. The Morgan fingerprint density at radius 2 is 1.33 bits per heavy atom. The van der Waals surface area contributed by atoms with E-state index in [1.807, 2.05) is 12.1 Å². The quantitative estimate of drug-likeness (QED) is 0.131. The molecular weight excluding hydrogens is 504 g/mol. The van der Waals surface area contributed by atoms with Crippen LogP contribution in [0.25, 0.3) is 0 Å². The van der Waals surface area contributed by atoms with Crippen molar-refractivity contribution in [3.05, 3.63) is 89.0 Å². The summed E-state index contributed by atoms with van der Waals surface area (Å²) in [4.78, 5) is 25.2. The first-order valence-corrected chi connectivity index (χ1v) is 12.8. The maximum Gasteiger partial charge on any atom is 0.343 e. The molecule has 2 saturated heterocycles. The molecule has 0 aliphatic carbocycles. The minimum absolute atomic E-state index is 0.216. The summed E-state index contributed by atoms with van der Waals surface area (Å²) >= 11 is 0. The predicted molar refractivity (Wildman–Crippen MR) is 139 cm³/mol.